The van der Waals surface area contributed by atoms with Gasteiger partial charge in [-0.1, -0.05) is 90.0 Å². The first kappa shape index (κ1) is 71.5. The molecule has 524 valence electrons. The molecule has 13 aromatic rings. The number of rotatable bonds is 17. The summed E-state index contributed by atoms with van der Waals surface area (Å²) in [6.45, 7) is 17.6. The Labute approximate surface area is 598 Å². The molecule has 0 saturated carbocycles. The van der Waals surface area contributed by atoms with Crippen molar-refractivity contribution in [3.63, 3.8) is 0 Å². The Balaban J connectivity index is 0.000000147. The largest absolute Gasteiger partial charge is 0.496 e. The Morgan fingerprint density at radius 3 is 1.44 bits per heavy atom. The molecule has 8 aromatic heterocycles. The maximum absolute atomic E-state index is 13.7. The Morgan fingerprint density at radius 2 is 0.951 bits per heavy atom. The van der Waals surface area contributed by atoms with Gasteiger partial charge in [0.15, 0.2) is 11.3 Å². The van der Waals surface area contributed by atoms with Crippen molar-refractivity contribution in [2.45, 2.75) is 89.3 Å². The summed E-state index contributed by atoms with van der Waals surface area (Å²) in [7, 11) is -3.67. The average molecular weight is 1420 g/mol. The zero-order valence-electron chi connectivity index (χ0n) is 58.9. The van der Waals surface area contributed by atoms with E-state index in [1.54, 1.807) is 132 Å². The summed E-state index contributed by atoms with van der Waals surface area (Å²) in [5.41, 5.74) is 11.7. The van der Waals surface area contributed by atoms with E-state index in [9.17, 15) is 26.4 Å². The van der Waals surface area contributed by atoms with Crippen LogP contribution >= 0.6 is 0 Å². The van der Waals surface area contributed by atoms with Crippen LogP contribution in [0.2, 0.25) is 0 Å². The molecule has 24 heteroatoms. The number of pyridine rings is 5. The van der Waals surface area contributed by atoms with Gasteiger partial charge in [0.2, 0.25) is 0 Å². The number of nitrogens with zero attached hydrogens (tertiary/aromatic N) is 7. The number of ether oxygens (including phenoxy) is 4. The number of carbonyl (C=O) groups excluding carboxylic acids is 2. The van der Waals surface area contributed by atoms with Gasteiger partial charge in [0.1, 0.15) is 22.9 Å². The van der Waals surface area contributed by atoms with E-state index in [0.717, 1.165) is 61.3 Å². The molecule has 1 saturated heterocycles. The molecule has 1 amide bonds. The molecule has 5 aromatic carbocycles. The third kappa shape index (κ3) is 14.5. The van der Waals surface area contributed by atoms with Crippen LogP contribution in [-0.2, 0) is 34.1 Å². The minimum absolute atomic E-state index is 0.0624. The van der Waals surface area contributed by atoms with E-state index in [0.29, 0.717) is 66.8 Å². The quantitative estimate of drug-likeness (QED) is 0.0634. The number of amides is 1. The normalized spacial score (nSPS) is 13.3. The molecule has 14 rings (SSSR count). The average Bonchev–Trinajstić information content (AvgIpc) is 1.57. The highest BCUT2D eigenvalue weighted by Gasteiger charge is 2.52. The van der Waals surface area contributed by atoms with E-state index in [-0.39, 0.29) is 34.0 Å². The van der Waals surface area contributed by atoms with Gasteiger partial charge in [0.05, 0.1) is 60.1 Å². The van der Waals surface area contributed by atoms with Gasteiger partial charge in [-0.15, -0.1) is 0 Å². The van der Waals surface area contributed by atoms with Crippen LogP contribution in [0.5, 0.6) is 17.2 Å². The fourth-order valence-corrected chi connectivity index (χ4v) is 14.5. The van der Waals surface area contributed by atoms with Gasteiger partial charge >= 0.3 is 13.1 Å². The summed E-state index contributed by atoms with van der Waals surface area (Å²) in [4.78, 5) is 50.4. The number of aryl methyl sites for hydroxylation is 2. The molecule has 2 N–H and O–H groups in total. The molecule has 0 unspecified atom stereocenters. The number of fused-ring (bicyclic) bond motifs is 3. The number of hydrogen-bond acceptors (Lipinski definition) is 17. The van der Waals surface area contributed by atoms with Crippen molar-refractivity contribution in [1.29, 1.82) is 0 Å². The van der Waals surface area contributed by atoms with Crippen LogP contribution in [0, 0.1) is 13.8 Å². The van der Waals surface area contributed by atoms with Gasteiger partial charge in [0.25, 0.3) is 26.0 Å². The number of aromatic nitrogens is 8. The number of carbonyl (C=O) groups is 2. The van der Waals surface area contributed by atoms with Crippen LogP contribution in [0.3, 0.4) is 0 Å². The van der Waals surface area contributed by atoms with Crippen LogP contribution < -0.4 is 25.0 Å². The first-order valence-electron chi connectivity index (χ1n) is 33.1. The lowest BCUT2D eigenvalue weighted by Gasteiger charge is -2.32. The van der Waals surface area contributed by atoms with Crippen molar-refractivity contribution < 1.29 is 54.7 Å². The van der Waals surface area contributed by atoms with E-state index in [1.165, 1.54) is 14.1 Å². The Morgan fingerprint density at radius 1 is 0.524 bits per heavy atom. The van der Waals surface area contributed by atoms with Crippen LogP contribution in [-0.4, -0.2) is 119 Å². The minimum Gasteiger partial charge on any atom is -0.496 e. The van der Waals surface area contributed by atoms with Crippen molar-refractivity contribution in [2.24, 2.45) is 0 Å². The summed E-state index contributed by atoms with van der Waals surface area (Å²) in [5.74, 6) is 1.41. The zero-order valence-corrected chi connectivity index (χ0v) is 60.5. The summed E-state index contributed by atoms with van der Waals surface area (Å²) in [5, 5.41) is 5.13. The lowest BCUT2D eigenvalue weighted by molar-refractivity contribution is 0.00578. The molecule has 1 fully saturated rings. The second-order valence-electron chi connectivity index (χ2n) is 25.8. The highest BCUT2D eigenvalue weighted by atomic mass is 32.2. The maximum atomic E-state index is 13.7. The maximum Gasteiger partial charge on any atom is 0.496 e. The van der Waals surface area contributed by atoms with Gasteiger partial charge in [-0.3, -0.25) is 14.8 Å². The Bertz CT molecular complexity index is 5570. The van der Waals surface area contributed by atoms with Crippen molar-refractivity contribution in [2.75, 3.05) is 27.9 Å². The lowest BCUT2D eigenvalue weighted by Crippen LogP contribution is -2.41. The third-order valence-electron chi connectivity index (χ3n) is 18.0. The fraction of sp³-hybridized carbons (Fsp3) is 0.203. The standard InChI is InChI=1S/C29H25N3O5S.C27H29BN2O5S.C23H22N4O2/c1-4-37-29(33)22-13-20(15-30-16-22)21-14-25-26(24-7-5-6-8-27(24)36-3)18-32(28(25)31-17-21)38(34,35)23-11-9-19(2)10-12-23;1-18-11-13-20(14-12-18)36(31,32)30-17-23(21-9-7-8-10-24(21)33-6)22-15-19(16-29-25(22)30)28-34-26(2,3)27(4,5)35-28;1-14(2)27-23(28)17-8-15(10-24-11-17)16-9-19-20(13-26-22(19)25-12-16)18-6-4-5-7-21(18)29-3/h5-18H,4H2,1-3H3;7-17H,1-6H3;4-14H,1-3H3,(H,25,26)(H,27,28). The molecule has 1 aliphatic rings. The van der Waals surface area contributed by atoms with E-state index in [1.807, 2.05) is 153 Å². The Kier molecular flexibility index (Phi) is 20.4. The first-order chi connectivity index (χ1) is 49.3. The third-order valence-corrected chi connectivity index (χ3v) is 21.3. The van der Waals surface area contributed by atoms with Crippen molar-refractivity contribution in [3.05, 3.63) is 236 Å². The van der Waals surface area contributed by atoms with Crippen molar-refractivity contribution in [3.8, 4) is 72.9 Å². The molecule has 0 spiro atoms. The summed E-state index contributed by atoms with van der Waals surface area (Å²) < 4.78 is 91.6. The summed E-state index contributed by atoms with van der Waals surface area (Å²) >= 11 is 0. The molecule has 9 heterocycles. The topological polar surface area (TPSA) is 260 Å². The molecule has 21 nitrogen and oxygen atoms in total. The number of benzene rings is 5. The van der Waals surface area contributed by atoms with E-state index in [4.69, 9.17) is 28.3 Å². The van der Waals surface area contributed by atoms with Gasteiger partial charge in [-0.25, -0.2) is 44.5 Å². The van der Waals surface area contributed by atoms with E-state index >= 15 is 0 Å². The van der Waals surface area contributed by atoms with Crippen LogP contribution in [0.25, 0.3) is 88.7 Å². The fourth-order valence-electron chi connectivity index (χ4n) is 11.9. The molecular formula is C79H76BN9O12S2. The highest BCUT2D eigenvalue weighted by Crippen LogP contribution is 2.42. The van der Waals surface area contributed by atoms with Gasteiger partial charge in [0, 0.05) is 145 Å². The van der Waals surface area contributed by atoms with Crippen molar-refractivity contribution >= 4 is 77.6 Å². The molecular weight excluding hydrogens is 1340 g/mol. The minimum atomic E-state index is -3.95. The van der Waals surface area contributed by atoms with Crippen molar-refractivity contribution in [1.82, 2.24) is 43.2 Å². The lowest BCUT2D eigenvalue weighted by atomic mass is 9.79. The molecule has 0 aliphatic carbocycles. The second kappa shape index (κ2) is 29.3. The van der Waals surface area contributed by atoms with Crippen LogP contribution in [0.1, 0.15) is 80.3 Å². The molecule has 103 heavy (non-hydrogen) atoms. The smallest absolute Gasteiger partial charge is 0.496 e. The van der Waals surface area contributed by atoms with E-state index in [2.05, 4.69) is 41.3 Å². The van der Waals surface area contributed by atoms with Gasteiger partial charge < -0.3 is 38.6 Å². The van der Waals surface area contributed by atoms with Gasteiger partial charge in [-0.05, 0) is 135 Å². The summed E-state index contributed by atoms with van der Waals surface area (Å²) in [6.07, 6.45) is 16.5. The second-order valence-corrected chi connectivity index (χ2v) is 29.5. The highest BCUT2D eigenvalue weighted by molar-refractivity contribution is 7.90. The zero-order chi connectivity index (χ0) is 73.1. The number of H-pyrrole nitrogens is 1. The van der Waals surface area contributed by atoms with Gasteiger partial charge in [-0.2, -0.15) is 0 Å². The number of para-hydroxylation sites is 3. The number of methoxy groups -OCH3 is 3. The monoisotopic (exact) mass is 1420 g/mol. The van der Waals surface area contributed by atoms with Crippen LogP contribution in [0.15, 0.2) is 223 Å². The molecule has 0 atom stereocenters. The number of esters is 1. The number of nitrogens with one attached hydrogen (secondary N) is 2. The predicted molar refractivity (Wildman–Crippen MR) is 400 cm³/mol. The molecule has 1 aliphatic heterocycles. The Hall–Kier alpha value is -11.3. The predicted octanol–water partition coefficient (Wildman–Crippen LogP) is 14.5. The molecule has 0 radical (unpaired) electrons. The SMILES string of the molecule is CCOC(=O)c1cncc(-c2cnc3c(c2)c(-c2ccccc2OC)cn3S(=O)(=O)c2ccc(C)cc2)c1.COc1ccccc1-c1c[nH]c2ncc(-c3cncc(C(=O)NC(C)C)c3)cc12.COc1ccccc1-c1cn(S(=O)(=O)c2ccc(C)cc2)c2ncc(B3OC(C)(C)C(C)(C)O3)cc12. The molecule has 0 bridgehead atoms. The number of hydrogen-bond donors (Lipinski definition) is 2. The first-order valence-corrected chi connectivity index (χ1v) is 36.0. The van der Waals surface area contributed by atoms with Crippen LogP contribution in [0.4, 0.5) is 0 Å². The van der Waals surface area contributed by atoms with E-state index < -0.39 is 44.3 Å². The number of aromatic amines is 1. The summed E-state index contributed by atoms with van der Waals surface area (Å²) in [6, 6.07) is 45.6.